The van der Waals surface area contributed by atoms with E-state index in [0.717, 1.165) is 49.9 Å². The largest absolute Gasteiger partial charge is 0.349 e. The van der Waals surface area contributed by atoms with E-state index >= 15 is 0 Å². The molecule has 1 saturated carbocycles. The molecule has 0 radical (unpaired) electrons. The smallest absolute Gasteiger partial charge is 0.253 e. The van der Waals surface area contributed by atoms with Gasteiger partial charge >= 0.3 is 0 Å². The van der Waals surface area contributed by atoms with Gasteiger partial charge < -0.3 is 10.2 Å². The highest BCUT2D eigenvalue weighted by Crippen LogP contribution is 2.38. The fourth-order valence-electron chi connectivity index (χ4n) is 5.17. The van der Waals surface area contributed by atoms with Gasteiger partial charge in [0.1, 0.15) is 0 Å². The first kappa shape index (κ1) is 26.0. The second-order valence-corrected chi connectivity index (χ2v) is 10.8. The van der Waals surface area contributed by atoms with Crippen molar-refractivity contribution in [2.75, 3.05) is 13.1 Å². The van der Waals surface area contributed by atoms with E-state index in [9.17, 15) is 9.59 Å². The number of carbonyl (C=O) groups excluding carboxylic acids is 2. The fraction of sp³-hybridized carbons (Fsp3) is 0.533. The molecule has 1 aliphatic carbocycles. The van der Waals surface area contributed by atoms with E-state index < -0.39 is 0 Å². The Morgan fingerprint density at radius 2 is 1.44 bits per heavy atom. The molecule has 0 heterocycles. The van der Waals surface area contributed by atoms with E-state index in [-0.39, 0.29) is 29.7 Å². The van der Waals surface area contributed by atoms with Crippen LogP contribution in [0.5, 0.6) is 0 Å². The van der Waals surface area contributed by atoms with Crippen molar-refractivity contribution in [3.63, 3.8) is 0 Å². The van der Waals surface area contributed by atoms with Gasteiger partial charge in [0.15, 0.2) is 0 Å². The summed E-state index contributed by atoms with van der Waals surface area (Å²) >= 11 is 0. The predicted octanol–water partition coefficient (Wildman–Crippen LogP) is 6.59. The summed E-state index contributed by atoms with van der Waals surface area (Å²) in [7, 11) is 0. The average Bonchev–Trinajstić information content (AvgIpc) is 2.83. The van der Waals surface area contributed by atoms with Gasteiger partial charge in [-0.25, -0.2) is 0 Å². The van der Waals surface area contributed by atoms with Crippen molar-refractivity contribution in [1.82, 2.24) is 10.2 Å². The molecule has 2 aromatic carbocycles. The fourth-order valence-corrected chi connectivity index (χ4v) is 5.17. The van der Waals surface area contributed by atoms with Crippen molar-refractivity contribution in [2.24, 2.45) is 17.8 Å². The van der Waals surface area contributed by atoms with Crippen LogP contribution < -0.4 is 5.32 Å². The molecule has 0 aliphatic heterocycles. The molecule has 1 aliphatic rings. The maximum absolute atomic E-state index is 13.3. The molecular formula is C30H42N2O2. The predicted molar refractivity (Wildman–Crippen MR) is 140 cm³/mol. The van der Waals surface area contributed by atoms with Crippen molar-refractivity contribution in [2.45, 2.75) is 72.3 Å². The lowest BCUT2D eigenvalue weighted by Crippen LogP contribution is -2.37. The number of rotatable bonds is 9. The van der Waals surface area contributed by atoms with E-state index in [4.69, 9.17) is 0 Å². The molecule has 3 atom stereocenters. The molecule has 1 fully saturated rings. The summed E-state index contributed by atoms with van der Waals surface area (Å²) in [6.45, 7) is 12.2. The van der Waals surface area contributed by atoms with E-state index in [1.54, 1.807) is 0 Å². The van der Waals surface area contributed by atoms with Gasteiger partial charge in [0, 0.05) is 24.6 Å². The molecule has 3 rings (SSSR count). The lowest BCUT2D eigenvalue weighted by Gasteiger charge is -2.32. The standard InChI is InChI=1S/C30H42N2O2/c1-21(2)19-32(20-22(3)4)30(34)26-17-15-25(16-18-26)27-13-9-10-14-28(27)29(33)31-23(5)24-11-7-6-8-12-24/h6-8,11-12,15-18,21-23,27-28H,9-10,13-14,19-20H2,1-5H3,(H,31,33)/t23-,27+,28-/m0/s1. The third-order valence-electron chi connectivity index (χ3n) is 6.81. The summed E-state index contributed by atoms with van der Waals surface area (Å²) < 4.78 is 0. The number of hydrogen-bond acceptors (Lipinski definition) is 2. The van der Waals surface area contributed by atoms with Gasteiger partial charge in [-0.3, -0.25) is 9.59 Å². The number of benzene rings is 2. The van der Waals surface area contributed by atoms with Crippen LogP contribution >= 0.6 is 0 Å². The maximum Gasteiger partial charge on any atom is 0.253 e. The van der Waals surface area contributed by atoms with Crippen molar-refractivity contribution in [3.05, 3.63) is 71.3 Å². The molecular weight excluding hydrogens is 420 g/mol. The summed E-state index contributed by atoms with van der Waals surface area (Å²) in [5, 5.41) is 3.25. The van der Waals surface area contributed by atoms with Crippen LogP contribution in [0, 0.1) is 17.8 Å². The molecule has 0 spiro atoms. The highest BCUT2D eigenvalue weighted by molar-refractivity contribution is 5.94. The maximum atomic E-state index is 13.3. The van der Waals surface area contributed by atoms with Gasteiger partial charge in [-0.2, -0.15) is 0 Å². The molecule has 4 nitrogen and oxygen atoms in total. The highest BCUT2D eigenvalue weighted by Gasteiger charge is 2.32. The zero-order chi connectivity index (χ0) is 24.7. The molecule has 0 aromatic heterocycles. The topological polar surface area (TPSA) is 49.4 Å². The molecule has 1 N–H and O–H groups in total. The number of amides is 2. The molecule has 0 bridgehead atoms. The zero-order valence-corrected chi connectivity index (χ0v) is 21.6. The lowest BCUT2D eigenvalue weighted by molar-refractivity contribution is -0.127. The van der Waals surface area contributed by atoms with Crippen molar-refractivity contribution >= 4 is 11.8 Å². The first-order valence-corrected chi connectivity index (χ1v) is 13.0. The van der Waals surface area contributed by atoms with Crippen LogP contribution in [0.25, 0.3) is 0 Å². The molecule has 4 heteroatoms. The highest BCUT2D eigenvalue weighted by atomic mass is 16.2. The zero-order valence-electron chi connectivity index (χ0n) is 21.6. The Hall–Kier alpha value is -2.62. The molecule has 2 aromatic rings. The minimum absolute atomic E-state index is 0.0100. The Labute approximate surface area is 206 Å². The normalized spacial score (nSPS) is 19.1. The van der Waals surface area contributed by atoms with Gasteiger partial charge in [0.25, 0.3) is 5.91 Å². The number of nitrogens with zero attached hydrogens (tertiary/aromatic N) is 1. The molecule has 0 saturated heterocycles. The molecule has 184 valence electrons. The van der Waals surface area contributed by atoms with Crippen LogP contribution in [0.3, 0.4) is 0 Å². The van der Waals surface area contributed by atoms with Crippen LogP contribution in [0.15, 0.2) is 54.6 Å². The monoisotopic (exact) mass is 462 g/mol. The second kappa shape index (κ2) is 12.2. The number of carbonyl (C=O) groups is 2. The van der Waals surface area contributed by atoms with Crippen molar-refractivity contribution in [3.8, 4) is 0 Å². The van der Waals surface area contributed by atoms with Gasteiger partial charge in [-0.1, -0.05) is 83.0 Å². The van der Waals surface area contributed by atoms with Gasteiger partial charge in [-0.15, -0.1) is 0 Å². The summed E-state index contributed by atoms with van der Waals surface area (Å²) in [4.78, 5) is 28.4. The van der Waals surface area contributed by atoms with Crippen LogP contribution in [0.1, 0.15) is 93.7 Å². The van der Waals surface area contributed by atoms with Crippen LogP contribution in [0.4, 0.5) is 0 Å². The second-order valence-electron chi connectivity index (χ2n) is 10.8. The molecule has 0 unspecified atom stereocenters. The summed E-state index contributed by atoms with van der Waals surface area (Å²) in [5.74, 6) is 1.27. The van der Waals surface area contributed by atoms with E-state index in [1.165, 1.54) is 5.56 Å². The average molecular weight is 463 g/mol. The first-order chi connectivity index (χ1) is 16.3. The Morgan fingerprint density at radius 3 is 2.03 bits per heavy atom. The Balaban J connectivity index is 1.72. The van der Waals surface area contributed by atoms with Crippen LogP contribution in [-0.4, -0.2) is 29.8 Å². The molecule has 34 heavy (non-hydrogen) atoms. The molecule has 2 amide bonds. The minimum Gasteiger partial charge on any atom is -0.349 e. The van der Waals surface area contributed by atoms with E-state index in [1.807, 2.05) is 42.2 Å². The first-order valence-electron chi connectivity index (χ1n) is 13.0. The Morgan fingerprint density at radius 1 is 0.853 bits per heavy atom. The van der Waals surface area contributed by atoms with E-state index in [2.05, 4.69) is 57.3 Å². The van der Waals surface area contributed by atoms with Gasteiger partial charge in [0.2, 0.25) is 5.91 Å². The van der Waals surface area contributed by atoms with E-state index in [0.29, 0.717) is 11.8 Å². The van der Waals surface area contributed by atoms with Crippen molar-refractivity contribution in [1.29, 1.82) is 0 Å². The quantitative estimate of drug-likeness (QED) is 0.457. The van der Waals surface area contributed by atoms with Crippen molar-refractivity contribution < 1.29 is 9.59 Å². The number of nitrogens with one attached hydrogen (secondary N) is 1. The van der Waals surface area contributed by atoms with Gasteiger partial charge in [0.05, 0.1) is 6.04 Å². The summed E-state index contributed by atoms with van der Waals surface area (Å²) in [6, 6.07) is 18.2. The third-order valence-corrected chi connectivity index (χ3v) is 6.81. The summed E-state index contributed by atoms with van der Waals surface area (Å²) in [5.41, 5.74) is 3.03. The Kier molecular flexibility index (Phi) is 9.32. The third kappa shape index (κ3) is 6.94. The van der Waals surface area contributed by atoms with Crippen LogP contribution in [-0.2, 0) is 4.79 Å². The summed E-state index contributed by atoms with van der Waals surface area (Å²) in [6.07, 6.45) is 4.15. The number of hydrogen-bond donors (Lipinski definition) is 1. The SMILES string of the molecule is CC(C)CN(CC(C)C)C(=O)c1ccc([C@H]2CCCC[C@@H]2C(=O)N[C@@H](C)c2ccccc2)cc1. The van der Waals surface area contributed by atoms with Gasteiger partial charge in [-0.05, 0) is 60.8 Å². The van der Waals surface area contributed by atoms with Crippen LogP contribution in [0.2, 0.25) is 0 Å². The lowest BCUT2D eigenvalue weighted by atomic mass is 9.74. The Bertz CT molecular complexity index is 911. The minimum atomic E-state index is -0.0279.